The molecule has 0 saturated heterocycles. The van der Waals surface area contributed by atoms with Gasteiger partial charge in [-0.25, -0.2) is 0 Å². The summed E-state index contributed by atoms with van der Waals surface area (Å²) in [5.74, 6) is 1.12. The van der Waals surface area contributed by atoms with Crippen LogP contribution in [0.2, 0.25) is 0 Å². The Hall–Kier alpha value is -0.0200. The molecule has 1 unspecified atom stereocenters. The van der Waals surface area contributed by atoms with Gasteiger partial charge in [-0.1, -0.05) is 0 Å². The first kappa shape index (κ1) is 6.11. The summed E-state index contributed by atoms with van der Waals surface area (Å²) in [7, 11) is 0. The standard InChI is InChI=1S/C5H10N2S/c1-4(6)5-7-2-3-8-5/h4H,2-3,6H2,1H3. The molecular weight excluding hydrogens is 120 g/mol. The first-order valence-electron chi connectivity index (χ1n) is 2.73. The molecule has 2 nitrogen and oxygen atoms in total. The van der Waals surface area contributed by atoms with Crippen molar-refractivity contribution >= 4 is 16.8 Å². The molecular formula is C5H10N2S. The van der Waals surface area contributed by atoms with Crippen LogP contribution in [0, 0.1) is 0 Å². The molecule has 0 amide bonds. The molecule has 46 valence electrons. The van der Waals surface area contributed by atoms with E-state index in [1.807, 2.05) is 6.92 Å². The average Bonchev–Trinajstić information content (AvgIpc) is 2.12. The topological polar surface area (TPSA) is 38.4 Å². The van der Waals surface area contributed by atoms with Crippen molar-refractivity contribution in [3.8, 4) is 0 Å². The van der Waals surface area contributed by atoms with Crippen LogP contribution in [0.25, 0.3) is 0 Å². The zero-order valence-electron chi connectivity index (χ0n) is 4.92. The Morgan fingerprint density at radius 3 is 2.88 bits per heavy atom. The molecule has 0 aliphatic carbocycles. The first-order valence-corrected chi connectivity index (χ1v) is 3.72. The van der Waals surface area contributed by atoms with Crippen molar-refractivity contribution in [2.75, 3.05) is 12.3 Å². The number of rotatable bonds is 1. The van der Waals surface area contributed by atoms with Crippen molar-refractivity contribution in [3.05, 3.63) is 0 Å². The Kier molecular flexibility index (Phi) is 1.91. The second kappa shape index (κ2) is 2.51. The minimum absolute atomic E-state index is 0.155. The highest BCUT2D eigenvalue weighted by atomic mass is 32.2. The molecule has 0 spiro atoms. The third kappa shape index (κ3) is 1.23. The number of aliphatic imine (C=N–C) groups is 1. The van der Waals surface area contributed by atoms with Gasteiger partial charge >= 0.3 is 0 Å². The van der Waals surface area contributed by atoms with E-state index in [4.69, 9.17) is 5.73 Å². The molecule has 0 saturated carbocycles. The number of hydrogen-bond donors (Lipinski definition) is 1. The van der Waals surface area contributed by atoms with Gasteiger partial charge < -0.3 is 5.73 Å². The number of hydrogen-bond acceptors (Lipinski definition) is 3. The van der Waals surface area contributed by atoms with Crippen LogP contribution >= 0.6 is 11.8 Å². The average molecular weight is 130 g/mol. The summed E-state index contributed by atoms with van der Waals surface area (Å²) in [6.45, 7) is 2.93. The zero-order chi connectivity index (χ0) is 5.98. The van der Waals surface area contributed by atoms with Crippen LogP contribution in [-0.4, -0.2) is 23.4 Å². The van der Waals surface area contributed by atoms with Crippen LogP contribution in [0.15, 0.2) is 4.99 Å². The van der Waals surface area contributed by atoms with E-state index in [1.54, 1.807) is 11.8 Å². The van der Waals surface area contributed by atoms with Gasteiger partial charge in [0, 0.05) is 18.3 Å². The fraction of sp³-hybridized carbons (Fsp3) is 0.800. The molecule has 8 heavy (non-hydrogen) atoms. The molecule has 1 aliphatic rings. The zero-order valence-corrected chi connectivity index (χ0v) is 5.74. The van der Waals surface area contributed by atoms with Crippen LogP contribution in [0.3, 0.4) is 0 Å². The third-order valence-corrected chi connectivity index (χ3v) is 2.18. The lowest BCUT2D eigenvalue weighted by Crippen LogP contribution is -2.22. The van der Waals surface area contributed by atoms with E-state index in [0.717, 1.165) is 17.3 Å². The lowest BCUT2D eigenvalue weighted by atomic mass is 10.4. The van der Waals surface area contributed by atoms with Crippen LogP contribution in [0.5, 0.6) is 0 Å². The second-order valence-corrected chi connectivity index (χ2v) is 2.97. The molecule has 3 heteroatoms. The van der Waals surface area contributed by atoms with Crippen LogP contribution < -0.4 is 5.73 Å². The molecule has 2 N–H and O–H groups in total. The lowest BCUT2D eigenvalue weighted by molar-refractivity contribution is 0.981. The molecule has 1 rings (SSSR count). The van der Waals surface area contributed by atoms with Gasteiger partial charge in [0.05, 0.1) is 5.04 Å². The first-order chi connectivity index (χ1) is 3.80. The monoisotopic (exact) mass is 130 g/mol. The van der Waals surface area contributed by atoms with Crippen LogP contribution in [-0.2, 0) is 0 Å². The Morgan fingerprint density at radius 2 is 2.62 bits per heavy atom. The molecule has 1 atom stereocenters. The summed E-state index contributed by atoms with van der Waals surface area (Å²) in [5, 5.41) is 1.12. The summed E-state index contributed by atoms with van der Waals surface area (Å²) in [5.41, 5.74) is 5.55. The molecule has 0 fully saturated rings. The van der Waals surface area contributed by atoms with Gasteiger partial charge in [-0.3, -0.25) is 4.99 Å². The number of nitrogens with two attached hydrogens (primary N) is 1. The lowest BCUT2D eigenvalue weighted by Gasteiger charge is -2.00. The quantitative estimate of drug-likeness (QED) is 0.560. The highest BCUT2D eigenvalue weighted by molar-refractivity contribution is 8.14. The van der Waals surface area contributed by atoms with Gasteiger partial charge in [0.15, 0.2) is 0 Å². The predicted molar refractivity (Wildman–Crippen MR) is 38.4 cm³/mol. The van der Waals surface area contributed by atoms with Crippen molar-refractivity contribution in [3.63, 3.8) is 0 Å². The Labute approximate surface area is 53.6 Å². The molecule has 0 aromatic rings. The SMILES string of the molecule is CC(N)C1=NCCS1. The Bertz CT molecular complexity index is 109. The number of nitrogens with zero attached hydrogens (tertiary/aromatic N) is 1. The summed E-state index contributed by atoms with van der Waals surface area (Å²) < 4.78 is 0. The molecule has 0 aromatic carbocycles. The Balaban J connectivity index is 2.45. The van der Waals surface area contributed by atoms with Crippen molar-refractivity contribution in [2.24, 2.45) is 10.7 Å². The molecule has 1 aliphatic heterocycles. The van der Waals surface area contributed by atoms with Crippen molar-refractivity contribution in [1.82, 2.24) is 0 Å². The van der Waals surface area contributed by atoms with Crippen molar-refractivity contribution in [1.29, 1.82) is 0 Å². The van der Waals surface area contributed by atoms with E-state index in [0.29, 0.717) is 0 Å². The molecule has 0 bridgehead atoms. The van der Waals surface area contributed by atoms with Gasteiger partial charge in [0.1, 0.15) is 0 Å². The maximum Gasteiger partial charge on any atom is 0.0841 e. The van der Waals surface area contributed by atoms with E-state index in [-0.39, 0.29) is 6.04 Å². The smallest absolute Gasteiger partial charge is 0.0841 e. The van der Waals surface area contributed by atoms with Gasteiger partial charge in [-0.2, -0.15) is 0 Å². The summed E-state index contributed by atoms with van der Waals surface area (Å²) in [4.78, 5) is 4.19. The van der Waals surface area contributed by atoms with E-state index in [2.05, 4.69) is 4.99 Å². The fourth-order valence-electron chi connectivity index (χ4n) is 0.627. The maximum absolute atomic E-state index is 5.55. The summed E-state index contributed by atoms with van der Waals surface area (Å²) >= 11 is 1.78. The fourth-order valence-corrected chi connectivity index (χ4v) is 1.46. The highest BCUT2D eigenvalue weighted by Gasteiger charge is 2.09. The van der Waals surface area contributed by atoms with E-state index >= 15 is 0 Å². The van der Waals surface area contributed by atoms with Gasteiger partial charge in [-0.05, 0) is 6.92 Å². The van der Waals surface area contributed by atoms with E-state index in [1.165, 1.54) is 0 Å². The molecule has 0 aromatic heterocycles. The molecule has 0 radical (unpaired) electrons. The van der Waals surface area contributed by atoms with Gasteiger partial charge in [0.2, 0.25) is 0 Å². The van der Waals surface area contributed by atoms with Crippen LogP contribution in [0.4, 0.5) is 0 Å². The largest absolute Gasteiger partial charge is 0.322 e. The van der Waals surface area contributed by atoms with Gasteiger partial charge in [0.25, 0.3) is 0 Å². The Morgan fingerprint density at radius 1 is 1.88 bits per heavy atom. The van der Waals surface area contributed by atoms with E-state index < -0.39 is 0 Å². The highest BCUT2D eigenvalue weighted by Crippen LogP contribution is 2.12. The van der Waals surface area contributed by atoms with Crippen molar-refractivity contribution < 1.29 is 0 Å². The second-order valence-electron chi connectivity index (χ2n) is 1.86. The minimum atomic E-state index is 0.155. The minimum Gasteiger partial charge on any atom is -0.322 e. The van der Waals surface area contributed by atoms with E-state index in [9.17, 15) is 0 Å². The van der Waals surface area contributed by atoms with Crippen LogP contribution in [0.1, 0.15) is 6.92 Å². The van der Waals surface area contributed by atoms with Crippen molar-refractivity contribution in [2.45, 2.75) is 13.0 Å². The maximum atomic E-state index is 5.55. The predicted octanol–water partition coefficient (Wildman–Crippen LogP) is 0.479. The summed E-state index contributed by atoms with van der Waals surface area (Å²) in [6, 6.07) is 0.155. The third-order valence-electron chi connectivity index (χ3n) is 0.998. The molecule has 1 heterocycles. The summed E-state index contributed by atoms with van der Waals surface area (Å²) in [6.07, 6.45) is 0. The normalized spacial score (nSPS) is 23.0. The van der Waals surface area contributed by atoms with Gasteiger partial charge in [-0.15, -0.1) is 11.8 Å². The number of thioether (sulfide) groups is 1.